The molecule has 2 aliphatic rings. The summed E-state index contributed by atoms with van der Waals surface area (Å²) in [6, 6.07) is 11.3. The van der Waals surface area contributed by atoms with E-state index in [0.29, 0.717) is 5.56 Å². The number of pyridine rings is 1. The lowest BCUT2D eigenvalue weighted by Crippen LogP contribution is -2.32. The van der Waals surface area contributed by atoms with Crippen molar-refractivity contribution in [2.45, 2.75) is 44.6 Å². The third-order valence-electron chi connectivity index (χ3n) is 5.54. The summed E-state index contributed by atoms with van der Waals surface area (Å²) >= 11 is 0. The quantitative estimate of drug-likeness (QED) is 0.834. The van der Waals surface area contributed by atoms with Gasteiger partial charge in [-0.05, 0) is 62.1 Å². The second kappa shape index (κ2) is 8.42. The highest BCUT2D eigenvalue weighted by Gasteiger charge is 2.19. The Morgan fingerprint density at radius 1 is 0.929 bits per heavy atom. The van der Waals surface area contributed by atoms with E-state index in [0.717, 1.165) is 44.5 Å². The molecule has 2 N–H and O–H groups in total. The van der Waals surface area contributed by atoms with Crippen LogP contribution in [0.1, 0.15) is 59.4 Å². The largest absolute Gasteiger partial charge is 0.372 e. The number of anilines is 2. The highest BCUT2D eigenvalue weighted by atomic mass is 16.2. The number of aromatic nitrogens is 1. The van der Waals surface area contributed by atoms with Crippen LogP contribution >= 0.6 is 0 Å². The van der Waals surface area contributed by atoms with Crippen LogP contribution in [0.2, 0.25) is 0 Å². The molecule has 2 aromatic rings. The maximum Gasteiger partial charge on any atom is 0.274 e. The summed E-state index contributed by atoms with van der Waals surface area (Å²) in [5, 5.41) is 5.90. The molecule has 28 heavy (non-hydrogen) atoms. The lowest BCUT2D eigenvalue weighted by atomic mass is 10.1. The van der Waals surface area contributed by atoms with Gasteiger partial charge < -0.3 is 15.5 Å². The fraction of sp³-hybridized carbons (Fsp3) is 0.409. The number of amides is 2. The van der Waals surface area contributed by atoms with Gasteiger partial charge in [0.15, 0.2) is 0 Å². The molecule has 2 amide bonds. The van der Waals surface area contributed by atoms with Gasteiger partial charge in [-0.3, -0.25) is 14.6 Å². The molecule has 4 rings (SSSR count). The van der Waals surface area contributed by atoms with E-state index in [1.807, 2.05) is 24.3 Å². The number of hydrogen-bond donors (Lipinski definition) is 2. The van der Waals surface area contributed by atoms with Gasteiger partial charge in [0.2, 0.25) is 0 Å². The van der Waals surface area contributed by atoms with E-state index in [2.05, 4.69) is 20.5 Å². The van der Waals surface area contributed by atoms with Crippen molar-refractivity contribution in [3.8, 4) is 0 Å². The first-order chi connectivity index (χ1) is 13.7. The zero-order valence-corrected chi connectivity index (χ0v) is 16.0. The Labute approximate surface area is 165 Å². The molecule has 146 valence electrons. The SMILES string of the molecule is O=C(NC1CCCC1)c1ccnc(C(=O)Nc2ccc(N3CCCC3)cc2)c1. The van der Waals surface area contributed by atoms with Gasteiger partial charge in [0.1, 0.15) is 5.69 Å². The van der Waals surface area contributed by atoms with Gasteiger partial charge in [-0.2, -0.15) is 0 Å². The van der Waals surface area contributed by atoms with E-state index in [1.54, 1.807) is 12.1 Å². The van der Waals surface area contributed by atoms with Crippen LogP contribution in [-0.2, 0) is 0 Å². The molecule has 0 bridgehead atoms. The summed E-state index contributed by atoms with van der Waals surface area (Å²) in [4.78, 5) is 31.5. The van der Waals surface area contributed by atoms with Crippen LogP contribution in [0.4, 0.5) is 11.4 Å². The minimum Gasteiger partial charge on any atom is -0.372 e. The number of rotatable bonds is 5. The van der Waals surface area contributed by atoms with Crippen LogP contribution in [0.5, 0.6) is 0 Å². The second-order valence-corrected chi connectivity index (χ2v) is 7.58. The first-order valence-corrected chi connectivity index (χ1v) is 10.1. The van der Waals surface area contributed by atoms with Crippen LogP contribution in [-0.4, -0.2) is 35.9 Å². The monoisotopic (exact) mass is 378 g/mol. The third kappa shape index (κ3) is 4.32. The van der Waals surface area contributed by atoms with Gasteiger partial charge in [0, 0.05) is 42.3 Å². The Balaban J connectivity index is 1.39. The van der Waals surface area contributed by atoms with Crippen molar-refractivity contribution < 1.29 is 9.59 Å². The van der Waals surface area contributed by atoms with Crippen molar-refractivity contribution in [3.63, 3.8) is 0 Å². The average molecular weight is 378 g/mol. The number of nitrogens with one attached hydrogen (secondary N) is 2. The number of nitrogens with zero attached hydrogens (tertiary/aromatic N) is 2. The molecular weight excluding hydrogens is 352 g/mol. The lowest BCUT2D eigenvalue weighted by Gasteiger charge is -2.17. The Hall–Kier alpha value is -2.89. The first-order valence-electron chi connectivity index (χ1n) is 10.1. The summed E-state index contributed by atoms with van der Waals surface area (Å²) in [5.74, 6) is -0.456. The van der Waals surface area contributed by atoms with Crippen molar-refractivity contribution in [1.82, 2.24) is 10.3 Å². The lowest BCUT2D eigenvalue weighted by molar-refractivity contribution is 0.0937. The molecule has 0 atom stereocenters. The minimum absolute atomic E-state index is 0.140. The molecule has 0 unspecified atom stereocenters. The van der Waals surface area contributed by atoms with Crippen molar-refractivity contribution in [3.05, 3.63) is 53.9 Å². The van der Waals surface area contributed by atoms with Crippen LogP contribution < -0.4 is 15.5 Å². The van der Waals surface area contributed by atoms with Crippen molar-refractivity contribution in [1.29, 1.82) is 0 Å². The van der Waals surface area contributed by atoms with Crippen molar-refractivity contribution in [2.75, 3.05) is 23.3 Å². The van der Waals surface area contributed by atoms with Gasteiger partial charge in [0.25, 0.3) is 11.8 Å². The smallest absolute Gasteiger partial charge is 0.274 e. The maximum absolute atomic E-state index is 12.6. The molecule has 1 aromatic heterocycles. The highest BCUT2D eigenvalue weighted by molar-refractivity contribution is 6.04. The van der Waals surface area contributed by atoms with Crippen molar-refractivity contribution >= 4 is 23.2 Å². The molecule has 1 saturated carbocycles. The predicted molar refractivity (Wildman–Crippen MR) is 110 cm³/mol. The normalized spacial score (nSPS) is 16.9. The van der Waals surface area contributed by atoms with E-state index in [1.165, 1.54) is 24.7 Å². The van der Waals surface area contributed by atoms with E-state index >= 15 is 0 Å². The predicted octanol–water partition coefficient (Wildman–Crippen LogP) is 3.61. The van der Waals surface area contributed by atoms with Crippen LogP contribution in [0, 0.1) is 0 Å². The fourth-order valence-corrected chi connectivity index (χ4v) is 3.96. The number of carbonyl (C=O) groups excluding carboxylic acids is 2. The number of carbonyl (C=O) groups is 2. The molecule has 2 heterocycles. The molecule has 1 aliphatic heterocycles. The van der Waals surface area contributed by atoms with Gasteiger partial charge in [-0.15, -0.1) is 0 Å². The zero-order valence-electron chi connectivity index (χ0n) is 16.0. The standard InChI is InChI=1S/C22H26N4O2/c27-21(24-17-5-1-2-6-17)16-11-12-23-20(15-16)22(28)25-18-7-9-19(10-8-18)26-13-3-4-14-26/h7-12,15,17H,1-6,13-14H2,(H,24,27)(H,25,28). The number of benzene rings is 1. The molecule has 6 heteroatoms. The van der Waals surface area contributed by atoms with Crippen LogP contribution in [0.25, 0.3) is 0 Å². The van der Waals surface area contributed by atoms with E-state index in [9.17, 15) is 9.59 Å². The van der Waals surface area contributed by atoms with E-state index in [-0.39, 0.29) is 23.6 Å². The zero-order chi connectivity index (χ0) is 19.3. The summed E-state index contributed by atoms with van der Waals surface area (Å²) in [6.45, 7) is 2.18. The second-order valence-electron chi connectivity index (χ2n) is 7.58. The minimum atomic E-state index is -0.315. The third-order valence-corrected chi connectivity index (χ3v) is 5.54. The van der Waals surface area contributed by atoms with Gasteiger partial charge in [-0.25, -0.2) is 0 Å². The molecule has 1 aromatic carbocycles. The van der Waals surface area contributed by atoms with Crippen LogP contribution in [0.15, 0.2) is 42.6 Å². The van der Waals surface area contributed by atoms with Gasteiger partial charge in [0.05, 0.1) is 0 Å². The molecule has 1 aliphatic carbocycles. The first kappa shape index (κ1) is 18.5. The molecule has 2 fully saturated rings. The molecule has 6 nitrogen and oxygen atoms in total. The highest BCUT2D eigenvalue weighted by Crippen LogP contribution is 2.22. The average Bonchev–Trinajstić information content (AvgIpc) is 3.43. The van der Waals surface area contributed by atoms with Crippen molar-refractivity contribution in [2.24, 2.45) is 0 Å². The van der Waals surface area contributed by atoms with Gasteiger partial charge >= 0.3 is 0 Å². The number of hydrogen-bond acceptors (Lipinski definition) is 4. The molecular formula is C22H26N4O2. The fourth-order valence-electron chi connectivity index (χ4n) is 3.96. The molecule has 1 saturated heterocycles. The van der Waals surface area contributed by atoms with Gasteiger partial charge in [-0.1, -0.05) is 12.8 Å². The van der Waals surface area contributed by atoms with E-state index in [4.69, 9.17) is 0 Å². The summed E-state index contributed by atoms with van der Waals surface area (Å²) in [7, 11) is 0. The van der Waals surface area contributed by atoms with Crippen LogP contribution in [0.3, 0.4) is 0 Å². The Morgan fingerprint density at radius 2 is 1.64 bits per heavy atom. The molecule has 0 spiro atoms. The topological polar surface area (TPSA) is 74.3 Å². The Kier molecular flexibility index (Phi) is 5.55. The summed E-state index contributed by atoms with van der Waals surface area (Å²) in [5.41, 5.74) is 2.61. The molecule has 0 radical (unpaired) electrons. The Morgan fingerprint density at radius 3 is 2.36 bits per heavy atom. The Bertz CT molecular complexity index is 838. The summed E-state index contributed by atoms with van der Waals surface area (Å²) < 4.78 is 0. The summed E-state index contributed by atoms with van der Waals surface area (Å²) in [6.07, 6.45) is 8.34. The van der Waals surface area contributed by atoms with E-state index < -0.39 is 0 Å². The maximum atomic E-state index is 12.6.